The summed E-state index contributed by atoms with van der Waals surface area (Å²) in [5, 5.41) is 7.06. The number of alkyl halides is 3. The van der Waals surface area contributed by atoms with Crippen molar-refractivity contribution in [1.82, 2.24) is 15.1 Å². The van der Waals surface area contributed by atoms with E-state index in [0.717, 1.165) is 48.3 Å². The fourth-order valence-electron chi connectivity index (χ4n) is 5.59. The maximum absolute atomic E-state index is 13.4. The van der Waals surface area contributed by atoms with Crippen LogP contribution in [0.3, 0.4) is 0 Å². The number of nitrogens with one attached hydrogen (secondary N) is 1. The van der Waals surface area contributed by atoms with E-state index in [9.17, 15) is 18.0 Å². The largest absolute Gasteiger partial charge is 0.433 e. The van der Waals surface area contributed by atoms with E-state index < -0.39 is 23.3 Å². The van der Waals surface area contributed by atoms with Crippen LogP contribution in [0.5, 0.6) is 0 Å². The molecule has 4 saturated carbocycles. The van der Waals surface area contributed by atoms with Gasteiger partial charge in [-0.2, -0.15) is 18.3 Å². The number of hydrogen-bond acceptors (Lipinski definition) is 2. The third kappa shape index (κ3) is 3.03. The lowest BCUT2D eigenvalue weighted by Crippen LogP contribution is -2.55. The van der Waals surface area contributed by atoms with Gasteiger partial charge in [-0.1, -0.05) is 0 Å². The Kier molecular flexibility index (Phi) is 3.94. The van der Waals surface area contributed by atoms with Crippen LogP contribution in [0.15, 0.2) is 6.07 Å². The van der Waals surface area contributed by atoms with Gasteiger partial charge in [0.1, 0.15) is 5.69 Å². The molecular formula is C19H26F3N3O. The van der Waals surface area contributed by atoms with Crippen molar-refractivity contribution in [3.05, 3.63) is 17.5 Å². The number of amides is 1. The van der Waals surface area contributed by atoms with Crippen molar-refractivity contribution in [3.63, 3.8) is 0 Å². The minimum atomic E-state index is -4.54. The Balaban J connectivity index is 1.56. The fourth-order valence-corrected chi connectivity index (χ4v) is 5.59. The average molecular weight is 369 g/mol. The van der Waals surface area contributed by atoms with Crippen LogP contribution in [-0.2, 0) is 11.7 Å². The molecule has 1 N–H and O–H groups in total. The van der Waals surface area contributed by atoms with Gasteiger partial charge in [-0.25, -0.2) is 0 Å². The van der Waals surface area contributed by atoms with Crippen LogP contribution in [0.25, 0.3) is 0 Å². The standard InChI is InChI=1S/C19H26F3N3O/c1-18(2,3)25-15(19(20,21)22)9-14(24-25)17(26)23-16-12-5-10-4-11(7-12)8-13(16)6-10/h9-13,16H,4-8H2,1-3H3,(H,23,26). The molecule has 1 aromatic heterocycles. The molecule has 4 fully saturated rings. The van der Waals surface area contributed by atoms with Gasteiger partial charge >= 0.3 is 6.18 Å². The number of halogens is 3. The monoisotopic (exact) mass is 369 g/mol. The van der Waals surface area contributed by atoms with E-state index in [-0.39, 0.29) is 11.7 Å². The lowest BCUT2D eigenvalue weighted by atomic mass is 9.54. The van der Waals surface area contributed by atoms with Crippen molar-refractivity contribution in [2.75, 3.05) is 0 Å². The molecule has 5 rings (SSSR count). The third-order valence-electron chi connectivity index (χ3n) is 6.39. The summed E-state index contributed by atoms with van der Waals surface area (Å²) < 4.78 is 41.0. The number of carbonyl (C=O) groups excluding carboxylic acids is 1. The average Bonchev–Trinajstić information content (AvgIpc) is 2.95. The lowest BCUT2D eigenvalue weighted by Gasteiger charge is -2.54. The molecule has 4 bridgehead atoms. The van der Waals surface area contributed by atoms with Crippen molar-refractivity contribution in [2.45, 2.75) is 70.6 Å². The molecule has 144 valence electrons. The van der Waals surface area contributed by atoms with Gasteiger partial charge in [-0.05, 0) is 76.5 Å². The number of hydrogen-bond donors (Lipinski definition) is 1. The van der Waals surface area contributed by atoms with Crippen molar-refractivity contribution >= 4 is 5.91 Å². The number of nitrogens with zero attached hydrogens (tertiary/aromatic N) is 2. The van der Waals surface area contributed by atoms with Crippen molar-refractivity contribution in [2.24, 2.45) is 23.7 Å². The number of carbonyl (C=O) groups is 1. The molecule has 4 nitrogen and oxygen atoms in total. The van der Waals surface area contributed by atoms with E-state index in [2.05, 4.69) is 10.4 Å². The zero-order valence-electron chi connectivity index (χ0n) is 15.4. The highest BCUT2D eigenvalue weighted by atomic mass is 19.4. The summed E-state index contributed by atoms with van der Waals surface area (Å²) in [5.74, 6) is 2.03. The van der Waals surface area contributed by atoms with Gasteiger partial charge in [0.2, 0.25) is 0 Å². The van der Waals surface area contributed by atoms with Gasteiger partial charge in [0.05, 0.1) is 5.54 Å². The molecule has 1 aromatic rings. The molecule has 0 aliphatic heterocycles. The molecule has 4 aliphatic rings. The minimum Gasteiger partial charge on any atom is -0.347 e. The molecule has 0 spiro atoms. The first kappa shape index (κ1) is 17.9. The summed E-state index contributed by atoms with van der Waals surface area (Å²) in [6.45, 7) is 4.94. The zero-order valence-corrected chi connectivity index (χ0v) is 15.4. The molecule has 26 heavy (non-hydrogen) atoms. The van der Waals surface area contributed by atoms with Crippen LogP contribution in [-0.4, -0.2) is 21.7 Å². The second kappa shape index (κ2) is 5.73. The van der Waals surface area contributed by atoms with Crippen LogP contribution in [0.4, 0.5) is 13.2 Å². The predicted molar refractivity (Wildman–Crippen MR) is 90.5 cm³/mol. The smallest absolute Gasteiger partial charge is 0.347 e. The Morgan fingerprint density at radius 1 is 1.08 bits per heavy atom. The number of rotatable bonds is 2. The van der Waals surface area contributed by atoms with E-state index in [1.54, 1.807) is 20.8 Å². The summed E-state index contributed by atoms with van der Waals surface area (Å²) in [7, 11) is 0. The van der Waals surface area contributed by atoms with E-state index in [1.807, 2.05) is 0 Å². The minimum absolute atomic E-state index is 0.0874. The second-order valence-electron chi connectivity index (χ2n) is 9.43. The lowest BCUT2D eigenvalue weighted by molar-refractivity contribution is -0.146. The van der Waals surface area contributed by atoms with E-state index >= 15 is 0 Å². The highest BCUT2D eigenvalue weighted by molar-refractivity contribution is 5.92. The first-order valence-electron chi connectivity index (χ1n) is 9.51. The summed E-state index contributed by atoms with van der Waals surface area (Å²) in [6, 6.07) is 0.973. The third-order valence-corrected chi connectivity index (χ3v) is 6.39. The Hall–Kier alpha value is -1.53. The molecule has 1 heterocycles. The van der Waals surface area contributed by atoms with Gasteiger partial charge in [-0.3, -0.25) is 9.48 Å². The van der Waals surface area contributed by atoms with Gasteiger partial charge < -0.3 is 5.32 Å². The normalized spacial score (nSPS) is 33.5. The Bertz CT molecular complexity index is 657. The fraction of sp³-hybridized carbons (Fsp3) is 0.789. The van der Waals surface area contributed by atoms with Gasteiger partial charge in [0.15, 0.2) is 5.69 Å². The maximum Gasteiger partial charge on any atom is 0.433 e. The molecule has 0 aromatic carbocycles. The molecular weight excluding hydrogens is 343 g/mol. The molecule has 4 aliphatic carbocycles. The van der Waals surface area contributed by atoms with Crippen LogP contribution < -0.4 is 5.32 Å². The summed E-state index contributed by atoms with van der Waals surface area (Å²) >= 11 is 0. The predicted octanol–water partition coefficient (Wildman–Crippen LogP) is 4.21. The zero-order chi connectivity index (χ0) is 18.9. The molecule has 0 unspecified atom stereocenters. The molecule has 0 saturated heterocycles. The van der Waals surface area contributed by atoms with Gasteiger partial charge in [-0.15, -0.1) is 0 Å². The highest BCUT2D eigenvalue weighted by Gasteiger charge is 2.49. The van der Waals surface area contributed by atoms with E-state index in [1.165, 1.54) is 6.42 Å². The van der Waals surface area contributed by atoms with Crippen LogP contribution in [0, 0.1) is 23.7 Å². The van der Waals surface area contributed by atoms with E-state index in [4.69, 9.17) is 0 Å². The summed E-state index contributed by atoms with van der Waals surface area (Å²) in [5.41, 5.74) is -1.87. The van der Waals surface area contributed by atoms with Gasteiger partial charge in [0, 0.05) is 12.1 Å². The first-order chi connectivity index (χ1) is 12.0. The van der Waals surface area contributed by atoms with Gasteiger partial charge in [0.25, 0.3) is 5.91 Å². The van der Waals surface area contributed by atoms with Crippen LogP contribution in [0.2, 0.25) is 0 Å². The molecule has 1 amide bonds. The van der Waals surface area contributed by atoms with Crippen molar-refractivity contribution < 1.29 is 18.0 Å². The summed E-state index contributed by atoms with van der Waals surface area (Å²) in [4.78, 5) is 12.7. The Morgan fingerprint density at radius 3 is 2.04 bits per heavy atom. The van der Waals surface area contributed by atoms with Crippen LogP contribution in [0.1, 0.15) is 69.1 Å². The Morgan fingerprint density at radius 2 is 1.62 bits per heavy atom. The highest BCUT2D eigenvalue weighted by Crippen LogP contribution is 2.53. The maximum atomic E-state index is 13.4. The quantitative estimate of drug-likeness (QED) is 0.849. The summed E-state index contributed by atoms with van der Waals surface area (Å²) in [6.07, 6.45) is 1.34. The topological polar surface area (TPSA) is 46.9 Å². The Labute approximate surface area is 151 Å². The second-order valence-corrected chi connectivity index (χ2v) is 9.43. The van der Waals surface area contributed by atoms with Crippen LogP contribution >= 0.6 is 0 Å². The molecule has 0 atom stereocenters. The van der Waals surface area contributed by atoms with E-state index in [0.29, 0.717) is 11.8 Å². The number of aromatic nitrogens is 2. The molecule has 7 heteroatoms. The SMILES string of the molecule is CC(C)(C)n1nc(C(=O)NC2C3CC4CC(C3)CC2C4)cc1C(F)(F)F. The van der Waals surface area contributed by atoms with Crippen molar-refractivity contribution in [1.29, 1.82) is 0 Å². The molecule has 0 radical (unpaired) electrons. The first-order valence-corrected chi connectivity index (χ1v) is 9.51. The van der Waals surface area contributed by atoms with Crippen molar-refractivity contribution in [3.8, 4) is 0 Å².